The van der Waals surface area contributed by atoms with Crippen molar-refractivity contribution >= 4 is 28.7 Å². The summed E-state index contributed by atoms with van der Waals surface area (Å²) in [6, 6.07) is 11.1. The molecule has 2 aromatic carbocycles. The molecular formula is C17H18F2N2S. The number of hydrogen-bond donors (Lipinski definition) is 2. The first-order valence-electron chi connectivity index (χ1n) is 7.12. The van der Waals surface area contributed by atoms with Gasteiger partial charge >= 0.3 is 0 Å². The van der Waals surface area contributed by atoms with E-state index in [2.05, 4.69) is 24.5 Å². The highest BCUT2D eigenvalue weighted by atomic mass is 32.1. The van der Waals surface area contributed by atoms with Crippen LogP contribution in [0.15, 0.2) is 42.5 Å². The van der Waals surface area contributed by atoms with E-state index in [1.54, 1.807) is 0 Å². The fraction of sp³-hybridized carbons (Fsp3) is 0.235. The summed E-state index contributed by atoms with van der Waals surface area (Å²) < 4.78 is 26.6. The maximum atomic E-state index is 13.5. The number of hydrogen-bond acceptors (Lipinski definition) is 1. The smallest absolute Gasteiger partial charge is 0.175 e. The molecule has 0 aromatic heterocycles. The number of rotatable bonds is 4. The average Bonchev–Trinajstić information content (AvgIpc) is 2.51. The summed E-state index contributed by atoms with van der Waals surface area (Å²) in [5, 5.41) is 5.81. The van der Waals surface area contributed by atoms with Gasteiger partial charge in [-0.1, -0.05) is 26.0 Å². The molecule has 22 heavy (non-hydrogen) atoms. The molecule has 2 nitrogen and oxygen atoms in total. The molecule has 0 aliphatic heterocycles. The van der Waals surface area contributed by atoms with Crippen molar-refractivity contribution in [2.45, 2.75) is 26.2 Å². The second kappa shape index (κ2) is 7.31. The van der Waals surface area contributed by atoms with E-state index >= 15 is 0 Å². The Hall–Kier alpha value is -2.01. The lowest BCUT2D eigenvalue weighted by molar-refractivity contribution is 0.604. The highest BCUT2D eigenvalue weighted by molar-refractivity contribution is 7.80. The molecule has 0 aliphatic rings. The molecule has 0 spiro atoms. The zero-order valence-electron chi connectivity index (χ0n) is 12.5. The number of anilines is 2. The summed E-state index contributed by atoms with van der Waals surface area (Å²) in [5.41, 5.74) is 2.05. The highest BCUT2D eigenvalue weighted by Gasteiger charge is 2.07. The van der Waals surface area contributed by atoms with Gasteiger partial charge in [-0.3, -0.25) is 0 Å². The second-order valence-corrected chi connectivity index (χ2v) is 5.54. The Morgan fingerprint density at radius 1 is 1.09 bits per heavy atom. The van der Waals surface area contributed by atoms with Gasteiger partial charge < -0.3 is 10.6 Å². The third kappa shape index (κ3) is 4.24. The van der Waals surface area contributed by atoms with E-state index in [9.17, 15) is 8.78 Å². The van der Waals surface area contributed by atoms with Gasteiger partial charge in [0.2, 0.25) is 0 Å². The van der Waals surface area contributed by atoms with E-state index in [1.807, 2.05) is 24.3 Å². The fourth-order valence-electron chi connectivity index (χ4n) is 2.01. The number of halogens is 2. The number of benzene rings is 2. The lowest BCUT2D eigenvalue weighted by atomic mass is 9.99. The first kappa shape index (κ1) is 16.4. The zero-order valence-corrected chi connectivity index (χ0v) is 13.3. The van der Waals surface area contributed by atoms with Crippen LogP contribution in [0.1, 0.15) is 31.7 Å². The highest BCUT2D eigenvalue weighted by Crippen LogP contribution is 2.21. The van der Waals surface area contributed by atoms with Gasteiger partial charge in [0.1, 0.15) is 11.6 Å². The first-order valence-corrected chi connectivity index (χ1v) is 7.53. The van der Waals surface area contributed by atoms with Crippen LogP contribution in [0.4, 0.5) is 20.2 Å². The molecule has 0 aliphatic carbocycles. The van der Waals surface area contributed by atoms with Gasteiger partial charge in [-0.25, -0.2) is 8.78 Å². The van der Waals surface area contributed by atoms with Crippen LogP contribution >= 0.6 is 12.2 Å². The van der Waals surface area contributed by atoms with Gasteiger partial charge in [0.15, 0.2) is 5.11 Å². The van der Waals surface area contributed by atoms with E-state index < -0.39 is 11.6 Å². The normalized spacial score (nSPS) is 11.8. The van der Waals surface area contributed by atoms with Crippen LogP contribution in [-0.2, 0) is 0 Å². The topological polar surface area (TPSA) is 24.1 Å². The summed E-state index contributed by atoms with van der Waals surface area (Å²) >= 11 is 5.12. The SMILES string of the molecule is CCC(C)c1ccc(NC(=S)Nc2cc(F)ccc2F)cc1. The van der Waals surface area contributed by atoms with Crippen molar-refractivity contribution in [2.24, 2.45) is 0 Å². The summed E-state index contributed by atoms with van der Waals surface area (Å²) in [7, 11) is 0. The molecule has 0 heterocycles. The summed E-state index contributed by atoms with van der Waals surface area (Å²) in [6.45, 7) is 4.31. The lowest BCUT2D eigenvalue weighted by Gasteiger charge is -2.13. The third-order valence-corrected chi connectivity index (χ3v) is 3.73. The van der Waals surface area contributed by atoms with Crippen molar-refractivity contribution in [2.75, 3.05) is 10.6 Å². The van der Waals surface area contributed by atoms with Gasteiger partial charge in [-0.15, -0.1) is 0 Å². The monoisotopic (exact) mass is 320 g/mol. The zero-order chi connectivity index (χ0) is 16.1. The summed E-state index contributed by atoms with van der Waals surface area (Å²) in [5.74, 6) is -0.581. The Morgan fingerprint density at radius 3 is 2.41 bits per heavy atom. The molecule has 0 bridgehead atoms. The van der Waals surface area contributed by atoms with Crippen molar-refractivity contribution in [1.29, 1.82) is 0 Å². The van der Waals surface area contributed by atoms with Gasteiger partial charge in [-0.05, 0) is 54.4 Å². The fourth-order valence-corrected chi connectivity index (χ4v) is 2.24. The maximum absolute atomic E-state index is 13.5. The second-order valence-electron chi connectivity index (χ2n) is 5.13. The summed E-state index contributed by atoms with van der Waals surface area (Å²) in [4.78, 5) is 0. The molecule has 2 aromatic rings. The molecule has 0 radical (unpaired) electrons. The van der Waals surface area contributed by atoms with E-state index in [4.69, 9.17) is 12.2 Å². The molecule has 5 heteroatoms. The quantitative estimate of drug-likeness (QED) is 0.749. The Bertz CT molecular complexity index is 656. The molecular weight excluding hydrogens is 302 g/mol. The number of nitrogens with one attached hydrogen (secondary N) is 2. The molecule has 0 amide bonds. The predicted octanol–water partition coefficient (Wildman–Crippen LogP) is 5.29. The standard InChI is InChI=1S/C17H18F2N2S/c1-3-11(2)12-4-7-14(8-5-12)20-17(22)21-16-10-13(18)6-9-15(16)19/h4-11H,3H2,1-2H3,(H2,20,21,22). The molecule has 2 rings (SSSR count). The molecule has 2 N–H and O–H groups in total. The van der Waals surface area contributed by atoms with Crippen molar-refractivity contribution in [3.05, 3.63) is 59.7 Å². The minimum atomic E-state index is -0.558. The van der Waals surface area contributed by atoms with Gasteiger partial charge in [0, 0.05) is 11.8 Å². The van der Waals surface area contributed by atoms with Crippen LogP contribution in [0.3, 0.4) is 0 Å². The predicted molar refractivity (Wildman–Crippen MR) is 91.3 cm³/mol. The number of thiocarbonyl (C=S) groups is 1. The lowest BCUT2D eigenvalue weighted by Crippen LogP contribution is -2.19. The van der Waals surface area contributed by atoms with Crippen molar-refractivity contribution in [3.8, 4) is 0 Å². The van der Waals surface area contributed by atoms with E-state index in [-0.39, 0.29) is 10.8 Å². The van der Waals surface area contributed by atoms with Crippen LogP contribution in [0.2, 0.25) is 0 Å². The van der Waals surface area contributed by atoms with E-state index in [1.165, 1.54) is 5.56 Å². The third-order valence-electron chi connectivity index (χ3n) is 3.53. The van der Waals surface area contributed by atoms with Gasteiger partial charge in [-0.2, -0.15) is 0 Å². The minimum absolute atomic E-state index is 0.00808. The first-order chi connectivity index (χ1) is 10.5. The molecule has 1 unspecified atom stereocenters. The molecule has 116 valence electrons. The van der Waals surface area contributed by atoms with Gasteiger partial charge in [0.25, 0.3) is 0 Å². The molecule has 0 saturated heterocycles. The van der Waals surface area contributed by atoms with E-state index in [0.717, 1.165) is 30.3 Å². The largest absolute Gasteiger partial charge is 0.332 e. The Kier molecular flexibility index (Phi) is 5.44. The maximum Gasteiger partial charge on any atom is 0.175 e. The van der Waals surface area contributed by atoms with Crippen LogP contribution < -0.4 is 10.6 Å². The minimum Gasteiger partial charge on any atom is -0.332 e. The Balaban J connectivity index is 2.01. The van der Waals surface area contributed by atoms with Crippen LogP contribution in [0, 0.1) is 11.6 Å². The van der Waals surface area contributed by atoms with Crippen molar-refractivity contribution in [1.82, 2.24) is 0 Å². The van der Waals surface area contributed by atoms with Crippen molar-refractivity contribution in [3.63, 3.8) is 0 Å². The van der Waals surface area contributed by atoms with Gasteiger partial charge in [0.05, 0.1) is 5.69 Å². The Morgan fingerprint density at radius 2 is 1.77 bits per heavy atom. The van der Waals surface area contributed by atoms with Crippen molar-refractivity contribution < 1.29 is 8.78 Å². The van der Waals surface area contributed by atoms with Crippen LogP contribution in [-0.4, -0.2) is 5.11 Å². The average molecular weight is 320 g/mol. The summed E-state index contributed by atoms with van der Waals surface area (Å²) in [6.07, 6.45) is 1.07. The molecule has 0 fully saturated rings. The van der Waals surface area contributed by atoms with Crippen LogP contribution in [0.5, 0.6) is 0 Å². The molecule has 0 saturated carbocycles. The van der Waals surface area contributed by atoms with E-state index in [0.29, 0.717) is 5.92 Å². The Labute approximate surface area is 134 Å². The van der Waals surface area contributed by atoms with Crippen LogP contribution in [0.25, 0.3) is 0 Å². The molecule has 1 atom stereocenters.